The van der Waals surface area contributed by atoms with Gasteiger partial charge in [-0.05, 0) is 31.0 Å². The van der Waals surface area contributed by atoms with Gasteiger partial charge in [-0.15, -0.1) is 0 Å². The molecular formula is C12H18FNO2. The van der Waals surface area contributed by atoms with Crippen LogP contribution in [0.25, 0.3) is 0 Å². The Labute approximate surface area is 94.9 Å². The Bertz CT molecular complexity index is 302. The van der Waals surface area contributed by atoms with E-state index in [2.05, 4.69) is 5.32 Å². The highest BCUT2D eigenvalue weighted by Gasteiger charge is 2.09. The van der Waals surface area contributed by atoms with Gasteiger partial charge < -0.3 is 15.5 Å². The maximum Gasteiger partial charge on any atom is 0.123 e. The van der Waals surface area contributed by atoms with E-state index in [1.165, 1.54) is 12.1 Å². The minimum absolute atomic E-state index is 0.126. The minimum atomic E-state index is -0.651. The third-order valence-electron chi connectivity index (χ3n) is 2.48. The lowest BCUT2D eigenvalue weighted by Gasteiger charge is -2.16. The highest BCUT2D eigenvalue weighted by molar-refractivity contribution is 5.18. The van der Waals surface area contributed by atoms with E-state index in [-0.39, 0.29) is 18.5 Å². The number of benzene rings is 1. The molecule has 0 fully saturated rings. The molecule has 0 aliphatic carbocycles. The molecule has 90 valence electrons. The highest BCUT2D eigenvalue weighted by Crippen LogP contribution is 2.12. The lowest BCUT2D eigenvalue weighted by molar-refractivity contribution is 0.167. The summed E-state index contributed by atoms with van der Waals surface area (Å²) in [6.45, 7) is 2.46. The monoisotopic (exact) mass is 227 g/mol. The zero-order valence-corrected chi connectivity index (χ0v) is 9.36. The Morgan fingerprint density at radius 1 is 1.31 bits per heavy atom. The Kier molecular flexibility index (Phi) is 5.38. The van der Waals surface area contributed by atoms with Gasteiger partial charge in [-0.1, -0.05) is 12.1 Å². The molecule has 2 unspecified atom stereocenters. The van der Waals surface area contributed by atoms with Crippen molar-refractivity contribution >= 4 is 0 Å². The lowest BCUT2D eigenvalue weighted by Crippen LogP contribution is -2.31. The van der Waals surface area contributed by atoms with Gasteiger partial charge in [-0.2, -0.15) is 0 Å². The zero-order chi connectivity index (χ0) is 12.0. The lowest BCUT2D eigenvalue weighted by atomic mass is 10.1. The van der Waals surface area contributed by atoms with Crippen molar-refractivity contribution in [3.63, 3.8) is 0 Å². The zero-order valence-electron chi connectivity index (χ0n) is 9.36. The molecule has 0 amide bonds. The summed E-state index contributed by atoms with van der Waals surface area (Å²) in [7, 11) is 0. The summed E-state index contributed by atoms with van der Waals surface area (Å²) < 4.78 is 12.6. The van der Waals surface area contributed by atoms with Crippen LogP contribution in [0, 0.1) is 5.82 Å². The molecule has 0 aromatic heterocycles. The molecule has 0 aliphatic rings. The number of nitrogens with one attached hydrogen (secondary N) is 1. The quantitative estimate of drug-likeness (QED) is 0.685. The molecular weight excluding hydrogens is 209 g/mol. The van der Waals surface area contributed by atoms with Gasteiger partial charge in [-0.25, -0.2) is 4.39 Å². The number of aliphatic hydroxyl groups excluding tert-OH is 2. The fourth-order valence-corrected chi connectivity index (χ4v) is 1.41. The maximum atomic E-state index is 12.6. The van der Waals surface area contributed by atoms with Crippen molar-refractivity contribution in [3.05, 3.63) is 35.6 Å². The van der Waals surface area contributed by atoms with Crippen molar-refractivity contribution in [3.8, 4) is 0 Å². The number of rotatable bonds is 6. The van der Waals surface area contributed by atoms with Crippen LogP contribution in [-0.2, 0) is 0 Å². The van der Waals surface area contributed by atoms with Gasteiger partial charge in [0.25, 0.3) is 0 Å². The first kappa shape index (κ1) is 13.1. The SMILES string of the molecule is CC(CCO)NCC(O)c1ccc(F)cc1. The van der Waals surface area contributed by atoms with Gasteiger partial charge in [0.2, 0.25) is 0 Å². The smallest absolute Gasteiger partial charge is 0.123 e. The third kappa shape index (κ3) is 4.26. The molecule has 0 saturated heterocycles. The van der Waals surface area contributed by atoms with E-state index in [0.29, 0.717) is 18.5 Å². The Balaban J connectivity index is 2.40. The predicted octanol–water partition coefficient (Wildman–Crippen LogP) is 1.22. The van der Waals surface area contributed by atoms with E-state index in [4.69, 9.17) is 5.11 Å². The fourth-order valence-electron chi connectivity index (χ4n) is 1.41. The van der Waals surface area contributed by atoms with E-state index in [9.17, 15) is 9.50 Å². The van der Waals surface area contributed by atoms with Gasteiger partial charge in [0.1, 0.15) is 5.82 Å². The largest absolute Gasteiger partial charge is 0.396 e. The third-order valence-corrected chi connectivity index (χ3v) is 2.48. The van der Waals surface area contributed by atoms with Crippen LogP contribution >= 0.6 is 0 Å². The molecule has 3 N–H and O–H groups in total. The van der Waals surface area contributed by atoms with Crippen molar-refractivity contribution in [1.82, 2.24) is 5.32 Å². The summed E-state index contributed by atoms with van der Waals surface area (Å²) in [5.74, 6) is -0.308. The van der Waals surface area contributed by atoms with Crippen LogP contribution in [0.2, 0.25) is 0 Å². The molecule has 0 aliphatic heterocycles. The normalized spacial score (nSPS) is 14.8. The molecule has 16 heavy (non-hydrogen) atoms. The second-order valence-electron chi connectivity index (χ2n) is 3.89. The van der Waals surface area contributed by atoms with Gasteiger partial charge in [0, 0.05) is 19.2 Å². The molecule has 0 spiro atoms. The molecule has 1 aromatic rings. The fraction of sp³-hybridized carbons (Fsp3) is 0.500. The highest BCUT2D eigenvalue weighted by atomic mass is 19.1. The standard InChI is InChI=1S/C12H18FNO2/c1-9(6-7-15)14-8-12(16)10-2-4-11(13)5-3-10/h2-5,9,12,14-16H,6-8H2,1H3. The second-order valence-corrected chi connectivity index (χ2v) is 3.89. The summed E-state index contributed by atoms with van der Waals surface area (Å²) in [6.07, 6.45) is -0.00222. The summed E-state index contributed by atoms with van der Waals surface area (Å²) >= 11 is 0. The Hall–Kier alpha value is -0.970. The van der Waals surface area contributed by atoms with Crippen LogP contribution in [0.5, 0.6) is 0 Å². The molecule has 0 bridgehead atoms. The first-order valence-corrected chi connectivity index (χ1v) is 5.41. The van der Waals surface area contributed by atoms with Crippen molar-refractivity contribution in [2.24, 2.45) is 0 Å². The van der Waals surface area contributed by atoms with Crippen LogP contribution in [0.1, 0.15) is 25.0 Å². The Morgan fingerprint density at radius 3 is 2.50 bits per heavy atom. The van der Waals surface area contributed by atoms with E-state index in [1.807, 2.05) is 6.92 Å². The average molecular weight is 227 g/mol. The number of halogens is 1. The van der Waals surface area contributed by atoms with Crippen molar-refractivity contribution in [2.45, 2.75) is 25.5 Å². The van der Waals surface area contributed by atoms with Crippen LogP contribution in [0.3, 0.4) is 0 Å². The van der Waals surface area contributed by atoms with Crippen LogP contribution in [-0.4, -0.2) is 29.4 Å². The Morgan fingerprint density at radius 2 is 1.94 bits per heavy atom. The molecule has 1 aromatic carbocycles. The first-order chi connectivity index (χ1) is 7.63. The summed E-state index contributed by atoms with van der Waals surface area (Å²) in [4.78, 5) is 0. The number of aliphatic hydroxyl groups is 2. The summed E-state index contributed by atoms with van der Waals surface area (Å²) in [5, 5.41) is 21.6. The van der Waals surface area contributed by atoms with Crippen molar-refractivity contribution in [1.29, 1.82) is 0 Å². The molecule has 4 heteroatoms. The predicted molar refractivity (Wildman–Crippen MR) is 60.5 cm³/mol. The van der Waals surface area contributed by atoms with E-state index in [0.717, 1.165) is 0 Å². The molecule has 0 saturated carbocycles. The van der Waals surface area contributed by atoms with Crippen LogP contribution < -0.4 is 5.32 Å². The topological polar surface area (TPSA) is 52.5 Å². The number of hydrogen-bond acceptors (Lipinski definition) is 3. The summed E-state index contributed by atoms with van der Waals surface area (Å²) in [6, 6.07) is 5.95. The minimum Gasteiger partial charge on any atom is -0.396 e. The molecule has 1 rings (SSSR count). The molecule has 0 heterocycles. The van der Waals surface area contributed by atoms with Gasteiger partial charge in [-0.3, -0.25) is 0 Å². The number of hydrogen-bond donors (Lipinski definition) is 3. The van der Waals surface area contributed by atoms with E-state index < -0.39 is 6.10 Å². The van der Waals surface area contributed by atoms with E-state index in [1.54, 1.807) is 12.1 Å². The van der Waals surface area contributed by atoms with Crippen molar-refractivity contribution in [2.75, 3.05) is 13.2 Å². The summed E-state index contributed by atoms with van der Waals surface area (Å²) in [5.41, 5.74) is 0.685. The molecule has 3 nitrogen and oxygen atoms in total. The van der Waals surface area contributed by atoms with Gasteiger partial charge in [0.15, 0.2) is 0 Å². The molecule has 2 atom stereocenters. The van der Waals surface area contributed by atoms with Gasteiger partial charge in [0.05, 0.1) is 6.10 Å². The van der Waals surface area contributed by atoms with E-state index >= 15 is 0 Å². The van der Waals surface area contributed by atoms with Crippen molar-refractivity contribution < 1.29 is 14.6 Å². The molecule has 0 radical (unpaired) electrons. The van der Waals surface area contributed by atoms with Gasteiger partial charge >= 0.3 is 0 Å². The average Bonchev–Trinajstić information content (AvgIpc) is 2.27. The second kappa shape index (κ2) is 6.58. The van der Waals surface area contributed by atoms with Crippen LogP contribution in [0.4, 0.5) is 4.39 Å². The maximum absolute atomic E-state index is 12.6. The van der Waals surface area contributed by atoms with Crippen LogP contribution in [0.15, 0.2) is 24.3 Å². The first-order valence-electron chi connectivity index (χ1n) is 5.41.